The number of benzene rings is 2. The van der Waals surface area contributed by atoms with Gasteiger partial charge in [-0.15, -0.1) is 0 Å². The van der Waals surface area contributed by atoms with Crippen molar-refractivity contribution in [3.8, 4) is 0 Å². The van der Waals surface area contributed by atoms with Gasteiger partial charge in [0.2, 0.25) is 17.7 Å². The van der Waals surface area contributed by atoms with Crippen LogP contribution in [0.4, 0.5) is 30.7 Å². The van der Waals surface area contributed by atoms with Crippen molar-refractivity contribution in [1.29, 1.82) is 0 Å². The average molecular weight is 602 g/mol. The summed E-state index contributed by atoms with van der Waals surface area (Å²) >= 11 is 0. The van der Waals surface area contributed by atoms with Crippen LogP contribution in [-0.2, 0) is 33.3 Å². The highest BCUT2D eigenvalue weighted by Gasteiger charge is 2.43. The van der Waals surface area contributed by atoms with Crippen LogP contribution in [0.3, 0.4) is 0 Å². The lowest BCUT2D eigenvalue weighted by atomic mass is 9.78. The molecule has 0 aromatic heterocycles. The summed E-state index contributed by atoms with van der Waals surface area (Å²) in [5.41, 5.74) is -2.09. The molecule has 2 aliphatic rings. The number of carbonyl (C=O) groups excluding carboxylic acids is 3. The monoisotopic (exact) mass is 601 g/mol. The fraction of sp³-hybridized carbons (Fsp3) is 0.483. The van der Waals surface area contributed by atoms with Gasteiger partial charge in [-0.3, -0.25) is 14.4 Å². The topological polar surface area (TPSA) is 69.7 Å². The number of likely N-dealkylation sites (tertiary alicyclic amines) is 1. The normalized spacial score (nSPS) is 19.4. The summed E-state index contributed by atoms with van der Waals surface area (Å²) in [6.07, 6.45) is -8.79. The molecule has 4 rings (SSSR count). The van der Waals surface area contributed by atoms with Gasteiger partial charge in [-0.2, -0.15) is 26.3 Å². The first-order valence-electron chi connectivity index (χ1n) is 13.4. The SMILES string of the molecule is CC(=O)NCC(=O)N1CCC(C(=O)N(Cc2cc(C(F)(F)F)cc(C(F)(F)F)c2)C2CC2)C(c2ccc(F)cc2C)C1. The maximum atomic E-state index is 14.0. The van der Waals surface area contributed by atoms with Crippen LogP contribution >= 0.6 is 0 Å². The summed E-state index contributed by atoms with van der Waals surface area (Å²) in [7, 11) is 0. The number of rotatable bonds is 7. The number of piperidine rings is 1. The summed E-state index contributed by atoms with van der Waals surface area (Å²) in [4.78, 5) is 40.9. The Morgan fingerprint density at radius 1 is 0.952 bits per heavy atom. The number of hydrogen-bond donors (Lipinski definition) is 1. The van der Waals surface area contributed by atoms with Crippen LogP contribution in [0.25, 0.3) is 0 Å². The van der Waals surface area contributed by atoms with Gasteiger partial charge in [0, 0.05) is 44.4 Å². The number of nitrogens with one attached hydrogen (secondary N) is 1. The molecule has 1 saturated carbocycles. The van der Waals surface area contributed by atoms with Crippen LogP contribution < -0.4 is 5.32 Å². The number of hydrogen-bond acceptors (Lipinski definition) is 3. The van der Waals surface area contributed by atoms with Gasteiger partial charge in [-0.1, -0.05) is 6.07 Å². The van der Waals surface area contributed by atoms with Gasteiger partial charge < -0.3 is 15.1 Å². The first-order valence-corrected chi connectivity index (χ1v) is 13.4. The van der Waals surface area contributed by atoms with Gasteiger partial charge in [0.15, 0.2) is 0 Å². The highest BCUT2D eigenvalue weighted by Crippen LogP contribution is 2.40. The third-order valence-corrected chi connectivity index (χ3v) is 7.67. The second-order valence-electron chi connectivity index (χ2n) is 10.9. The number of aryl methyl sites for hydroxylation is 1. The quantitative estimate of drug-likeness (QED) is 0.431. The lowest BCUT2D eigenvalue weighted by Crippen LogP contribution is -2.50. The van der Waals surface area contributed by atoms with Crippen molar-refractivity contribution in [2.75, 3.05) is 19.6 Å². The predicted molar refractivity (Wildman–Crippen MR) is 137 cm³/mol. The van der Waals surface area contributed by atoms with E-state index in [-0.39, 0.29) is 49.6 Å². The molecule has 0 spiro atoms. The molecule has 6 nitrogen and oxygen atoms in total. The number of halogens is 7. The Labute approximate surface area is 237 Å². The average Bonchev–Trinajstić information content (AvgIpc) is 3.74. The zero-order valence-electron chi connectivity index (χ0n) is 22.9. The standard InChI is InChI=1S/C29H30F7N3O3/c1-16-9-21(30)3-6-23(16)25-15-38(26(41)13-37-17(2)40)8-7-24(25)27(42)39(22-4-5-22)14-18-10-19(28(31,32)33)12-20(11-18)29(34,35)36/h3,6,9-12,22,24-25H,4-5,7-8,13-15H2,1-2H3,(H,37,40). The molecule has 3 amide bonds. The van der Waals surface area contributed by atoms with Gasteiger partial charge in [0.05, 0.1) is 17.7 Å². The van der Waals surface area contributed by atoms with Gasteiger partial charge >= 0.3 is 12.4 Å². The zero-order chi connectivity index (χ0) is 31.0. The highest BCUT2D eigenvalue weighted by molar-refractivity contribution is 5.85. The third kappa shape index (κ3) is 7.40. The minimum atomic E-state index is -5.02. The smallest absolute Gasteiger partial charge is 0.347 e. The largest absolute Gasteiger partial charge is 0.416 e. The van der Waals surface area contributed by atoms with Crippen molar-refractivity contribution in [3.05, 3.63) is 70.0 Å². The number of amides is 3. The van der Waals surface area contributed by atoms with E-state index in [9.17, 15) is 45.1 Å². The summed E-state index contributed by atoms with van der Waals surface area (Å²) in [6, 6.07) is 4.98. The Morgan fingerprint density at radius 3 is 2.10 bits per heavy atom. The molecule has 42 heavy (non-hydrogen) atoms. The minimum Gasteiger partial charge on any atom is -0.347 e. The molecule has 13 heteroatoms. The van der Waals surface area contributed by atoms with E-state index in [4.69, 9.17) is 0 Å². The van der Waals surface area contributed by atoms with Gasteiger partial charge in [0.1, 0.15) is 5.82 Å². The molecule has 1 N–H and O–H groups in total. The Bertz CT molecular complexity index is 1320. The number of alkyl halides is 6. The van der Waals surface area contributed by atoms with E-state index in [2.05, 4.69) is 5.32 Å². The molecule has 1 aliphatic heterocycles. The molecule has 2 aromatic rings. The van der Waals surface area contributed by atoms with Crippen molar-refractivity contribution in [1.82, 2.24) is 15.1 Å². The maximum absolute atomic E-state index is 14.0. The first-order chi connectivity index (χ1) is 19.5. The Balaban J connectivity index is 1.66. The molecule has 0 bridgehead atoms. The van der Waals surface area contributed by atoms with Gasteiger partial charge in [-0.25, -0.2) is 4.39 Å². The van der Waals surface area contributed by atoms with Crippen molar-refractivity contribution in [2.45, 2.75) is 64.0 Å². The molecule has 0 radical (unpaired) electrons. The zero-order valence-corrected chi connectivity index (χ0v) is 22.9. The van der Waals surface area contributed by atoms with Gasteiger partial charge in [-0.05, 0) is 73.2 Å². The molecule has 1 heterocycles. The molecular weight excluding hydrogens is 571 g/mol. The van der Waals surface area contributed by atoms with Crippen molar-refractivity contribution < 1.29 is 45.1 Å². The van der Waals surface area contributed by atoms with Crippen LogP contribution in [-0.4, -0.2) is 53.2 Å². The van der Waals surface area contributed by atoms with Crippen LogP contribution in [0, 0.1) is 18.7 Å². The minimum absolute atomic E-state index is 0.0494. The summed E-state index contributed by atoms with van der Waals surface area (Å²) in [5, 5.41) is 2.43. The Hall–Kier alpha value is -3.64. The van der Waals surface area contributed by atoms with Crippen molar-refractivity contribution in [2.24, 2.45) is 5.92 Å². The molecule has 1 aliphatic carbocycles. The third-order valence-electron chi connectivity index (χ3n) is 7.67. The molecular formula is C29H30F7N3O3. The fourth-order valence-electron chi connectivity index (χ4n) is 5.45. The van der Waals surface area contributed by atoms with E-state index in [1.807, 2.05) is 0 Å². The lowest BCUT2D eigenvalue weighted by Gasteiger charge is -2.41. The number of nitrogens with zero attached hydrogens (tertiary/aromatic N) is 2. The second-order valence-corrected chi connectivity index (χ2v) is 10.9. The van der Waals surface area contributed by atoms with Crippen molar-refractivity contribution >= 4 is 17.7 Å². The highest BCUT2D eigenvalue weighted by atomic mass is 19.4. The Morgan fingerprint density at radius 2 is 1.57 bits per heavy atom. The van der Waals surface area contributed by atoms with Crippen LogP contribution in [0.15, 0.2) is 36.4 Å². The van der Waals surface area contributed by atoms with Gasteiger partial charge in [0.25, 0.3) is 0 Å². The van der Waals surface area contributed by atoms with Crippen LogP contribution in [0.1, 0.15) is 59.9 Å². The first kappa shape index (κ1) is 31.3. The molecule has 2 unspecified atom stereocenters. The van der Waals surface area contributed by atoms with E-state index in [0.717, 1.165) is 0 Å². The van der Waals surface area contributed by atoms with E-state index in [0.29, 0.717) is 36.1 Å². The van der Waals surface area contributed by atoms with Crippen LogP contribution in [0.2, 0.25) is 0 Å². The van der Waals surface area contributed by atoms with E-state index < -0.39 is 59.5 Å². The predicted octanol–water partition coefficient (Wildman–Crippen LogP) is 5.43. The van der Waals surface area contributed by atoms with E-state index >= 15 is 0 Å². The molecule has 1 saturated heterocycles. The molecule has 2 fully saturated rings. The summed E-state index contributed by atoms with van der Waals surface area (Å²) in [5.74, 6) is -3.13. The molecule has 2 atom stereocenters. The summed E-state index contributed by atoms with van der Waals surface area (Å²) in [6.45, 7) is 2.41. The number of carbonyl (C=O) groups is 3. The van der Waals surface area contributed by atoms with Crippen molar-refractivity contribution in [3.63, 3.8) is 0 Å². The lowest BCUT2D eigenvalue weighted by molar-refractivity contribution is -0.143. The summed E-state index contributed by atoms with van der Waals surface area (Å²) < 4.78 is 94.7. The molecule has 228 valence electrons. The van der Waals surface area contributed by atoms with E-state index in [1.54, 1.807) is 6.92 Å². The van der Waals surface area contributed by atoms with E-state index in [1.165, 1.54) is 34.9 Å². The maximum Gasteiger partial charge on any atom is 0.416 e. The fourth-order valence-corrected chi connectivity index (χ4v) is 5.45. The second kappa shape index (κ2) is 11.9. The van der Waals surface area contributed by atoms with Crippen LogP contribution in [0.5, 0.6) is 0 Å². The molecule has 2 aromatic carbocycles. The Kier molecular flexibility index (Phi) is 8.89.